The fourth-order valence-corrected chi connectivity index (χ4v) is 5.93. The molecule has 1 atom stereocenters. The van der Waals surface area contributed by atoms with E-state index in [1.807, 2.05) is 37.4 Å². The molecule has 7 nitrogen and oxygen atoms in total. The minimum atomic E-state index is -0.516. The lowest BCUT2D eigenvalue weighted by Gasteiger charge is -2.35. The van der Waals surface area contributed by atoms with E-state index in [2.05, 4.69) is 23.6 Å². The molecule has 0 bridgehead atoms. The molecule has 2 N–H and O–H groups in total. The Morgan fingerprint density at radius 1 is 0.766 bits per heavy atom. The van der Waals surface area contributed by atoms with Crippen LogP contribution in [0.1, 0.15) is 131 Å². The molecule has 0 aliphatic carbocycles. The van der Waals surface area contributed by atoms with Gasteiger partial charge in [-0.05, 0) is 37.5 Å². The van der Waals surface area contributed by atoms with Gasteiger partial charge in [0.1, 0.15) is 0 Å². The number of β-amino-alcohol motifs (C(OH)–C–C–N with tert-alkyl or cyclic N) is 1. The molecule has 0 aromatic heterocycles. The van der Waals surface area contributed by atoms with E-state index >= 15 is 0 Å². The number of aromatic hydroxyl groups is 1. The van der Waals surface area contributed by atoms with Gasteiger partial charge in [-0.25, -0.2) is 0 Å². The van der Waals surface area contributed by atoms with Gasteiger partial charge in [-0.15, -0.1) is 0 Å². The molecule has 47 heavy (non-hydrogen) atoms. The van der Waals surface area contributed by atoms with Crippen LogP contribution in [0.2, 0.25) is 0 Å². The summed E-state index contributed by atoms with van der Waals surface area (Å²) in [5.41, 5.74) is 2.57. The molecule has 7 heteroatoms. The summed E-state index contributed by atoms with van der Waals surface area (Å²) in [6, 6.07) is 11.3. The molecule has 0 saturated carbocycles. The minimum absolute atomic E-state index is 0.0274. The molecule has 3 rings (SSSR count). The number of unbranched alkanes of at least 4 members (excludes halogenated alkanes) is 12. The van der Waals surface area contributed by atoms with Crippen molar-refractivity contribution in [3.63, 3.8) is 0 Å². The molecule has 1 unspecified atom stereocenters. The van der Waals surface area contributed by atoms with E-state index in [0.29, 0.717) is 36.8 Å². The molecule has 1 fully saturated rings. The number of ketones is 1. The number of aliphatic hydroxyl groups excluding tert-OH is 1. The third-order valence-electron chi connectivity index (χ3n) is 9.07. The standard InChI is InChI=1S/C40H62N2O5/c1-4-6-8-10-12-14-16-28-46-38-30-35(31-39(40(38)45)47-29-17-15-13-11-9-7-5-2)36(43)22-23-41-24-26-42(27-25-41)32-37(44)34-20-18-33(3)19-21-34/h18-23,30-31,37,44-45H,4-17,24-29,32H2,1-3H3. The first-order valence-electron chi connectivity index (χ1n) is 18.5. The summed E-state index contributed by atoms with van der Waals surface area (Å²) in [5, 5.41) is 21.7. The zero-order valence-electron chi connectivity index (χ0n) is 29.6. The highest BCUT2D eigenvalue weighted by Crippen LogP contribution is 2.38. The van der Waals surface area contributed by atoms with Crippen LogP contribution in [0.15, 0.2) is 48.7 Å². The predicted molar refractivity (Wildman–Crippen MR) is 193 cm³/mol. The lowest BCUT2D eigenvalue weighted by atomic mass is 10.1. The Kier molecular flexibility index (Phi) is 18.4. The number of ether oxygens (including phenoxy) is 2. The van der Waals surface area contributed by atoms with Crippen LogP contribution >= 0.6 is 0 Å². The number of benzene rings is 2. The predicted octanol–water partition coefficient (Wildman–Crippen LogP) is 9.01. The smallest absolute Gasteiger partial charge is 0.200 e. The fourth-order valence-electron chi connectivity index (χ4n) is 5.93. The van der Waals surface area contributed by atoms with E-state index in [1.54, 1.807) is 18.2 Å². The largest absolute Gasteiger partial charge is 0.502 e. The second-order valence-electron chi connectivity index (χ2n) is 13.2. The van der Waals surface area contributed by atoms with Crippen LogP contribution < -0.4 is 9.47 Å². The first-order valence-corrected chi connectivity index (χ1v) is 18.5. The molecule has 1 aliphatic rings. The number of piperazine rings is 1. The summed E-state index contributed by atoms with van der Waals surface area (Å²) in [6.45, 7) is 11.3. The van der Waals surface area contributed by atoms with E-state index in [1.165, 1.54) is 69.8 Å². The highest BCUT2D eigenvalue weighted by atomic mass is 16.5. The summed E-state index contributed by atoms with van der Waals surface area (Å²) in [4.78, 5) is 17.8. The molecule has 0 amide bonds. The zero-order valence-corrected chi connectivity index (χ0v) is 29.6. The summed E-state index contributed by atoms with van der Waals surface area (Å²) < 4.78 is 12.0. The number of phenols is 1. The molecule has 262 valence electrons. The lowest BCUT2D eigenvalue weighted by Crippen LogP contribution is -2.45. The Bertz CT molecular complexity index is 1130. The molecule has 2 aromatic carbocycles. The van der Waals surface area contributed by atoms with E-state index in [9.17, 15) is 15.0 Å². The first kappa shape index (κ1) is 38.4. The number of aliphatic hydroxyl groups is 1. The number of aryl methyl sites for hydroxylation is 1. The normalized spacial score (nSPS) is 14.5. The molecular formula is C40H62N2O5. The first-order chi connectivity index (χ1) is 22.9. The Balaban J connectivity index is 1.54. The molecule has 1 aliphatic heterocycles. The maximum atomic E-state index is 13.3. The minimum Gasteiger partial charge on any atom is -0.502 e. The fraction of sp³-hybridized carbons (Fsp3) is 0.625. The van der Waals surface area contributed by atoms with Crippen LogP contribution in [-0.4, -0.2) is 71.7 Å². The van der Waals surface area contributed by atoms with Crippen molar-refractivity contribution in [1.29, 1.82) is 0 Å². The number of hydrogen-bond acceptors (Lipinski definition) is 7. The van der Waals surface area contributed by atoms with Crippen LogP contribution in [-0.2, 0) is 0 Å². The van der Waals surface area contributed by atoms with Crippen LogP contribution in [0.3, 0.4) is 0 Å². The van der Waals surface area contributed by atoms with Crippen LogP contribution in [0.25, 0.3) is 0 Å². The van der Waals surface area contributed by atoms with Gasteiger partial charge in [0.2, 0.25) is 5.75 Å². The number of carbonyl (C=O) groups excluding carboxylic acids is 1. The SMILES string of the molecule is CCCCCCCCCOc1cc(C(=O)C=CN2CCN(CC(O)c3ccc(C)cc3)CC2)cc(OCCCCCCCCC)c1O. The van der Waals surface area contributed by atoms with Crippen LogP contribution in [0.4, 0.5) is 0 Å². The van der Waals surface area contributed by atoms with Crippen molar-refractivity contribution >= 4 is 5.78 Å². The number of carbonyl (C=O) groups is 1. The molecule has 1 saturated heterocycles. The number of nitrogens with zero attached hydrogens (tertiary/aromatic N) is 2. The third-order valence-corrected chi connectivity index (χ3v) is 9.07. The molecule has 0 spiro atoms. The summed E-state index contributed by atoms with van der Waals surface area (Å²) >= 11 is 0. The van der Waals surface area contributed by atoms with E-state index in [0.717, 1.165) is 57.4 Å². The van der Waals surface area contributed by atoms with Gasteiger partial charge in [-0.2, -0.15) is 0 Å². The number of phenolic OH excluding ortho intramolecular Hbond substituents is 1. The van der Waals surface area contributed by atoms with Crippen molar-refractivity contribution in [3.05, 3.63) is 65.4 Å². The summed E-state index contributed by atoms with van der Waals surface area (Å²) in [6.07, 6.45) is 19.4. The van der Waals surface area contributed by atoms with E-state index in [-0.39, 0.29) is 11.5 Å². The average Bonchev–Trinajstić information content (AvgIpc) is 3.08. The van der Waals surface area contributed by atoms with Crippen molar-refractivity contribution in [2.45, 2.75) is 117 Å². The van der Waals surface area contributed by atoms with Gasteiger partial charge < -0.3 is 24.6 Å². The quantitative estimate of drug-likeness (QED) is 0.0667. The second-order valence-corrected chi connectivity index (χ2v) is 13.2. The van der Waals surface area contributed by atoms with Gasteiger partial charge in [0.05, 0.1) is 19.3 Å². The Hall–Kier alpha value is -3.03. The van der Waals surface area contributed by atoms with Crippen molar-refractivity contribution in [2.75, 3.05) is 45.9 Å². The van der Waals surface area contributed by atoms with Crippen molar-refractivity contribution in [1.82, 2.24) is 9.80 Å². The number of rotatable bonds is 24. The number of allylic oxidation sites excluding steroid dienone is 1. The van der Waals surface area contributed by atoms with Crippen molar-refractivity contribution < 1.29 is 24.5 Å². The van der Waals surface area contributed by atoms with Gasteiger partial charge in [0, 0.05) is 50.6 Å². The van der Waals surface area contributed by atoms with Gasteiger partial charge in [0.15, 0.2) is 17.3 Å². The van der Waals surface area contributed by atoms with Crippen LogP contribution in [0.5, 0.6) is 17.2 Å². The molecular weight excluding hydrogens is 588 g/mol. The Labute approximate surface area is 285 Å². The monoisotopic (exact) mass is 650 g/mol. The third kappa shape index (κ3) is 14.7. The van der Waals surface area contributed by atoms with Crippen molar-refractivity contribution in [2.24, 2.45) is 0 Å². The highest BCUT2D eigenvalue weighted by molar-refractivity contribution is 6.05. The van der Waals surface area contributed by atoms with Gasteiger partial charge in [-0.1, -0.05) is 121 Å². The average molecular weight is 651 g/mol. The van der Waals surface area contributed by atoms with Crippen molar-refractivity contribution in [3.8, 4) is 17.2 Å². The summed E-state index contributed by atoms with van der Waals surface area (Å²) in [7, 11) is 0. The molecule has 1 heterocycles. The van der Waals surface area contributed by atoms with Crippen LogP contribution in [0, 0.1) is 6.92 Å². The molecule has 2 aromatic rings. The number of hydrogen-bond donors (Lipinski definition) is 2. The highest BCUT2D eigenvalue weighted by Gasteiger charge is 2.20. The maximum Gasteiger partial charge on any atom is 0.200 e. The molecule has 0 radical (unpaired) electrons. The zero-order chi connectivity index (χ0) is 33.7. The van der Waals surface area contributed by atoms with Gasteiger partial charge in [0.25, 0.3) is 0 Å². The lowest BCUT2D eigenvalue weighted by molar-refractivity contribution is 0.0853. The van der Waals surface area contributed by atoms with E-state index in [4.69, 9.17) is 9.47 Å². The second kappa shape index (κ2) is 22.5. The Morgan fingerprint density at radius 2 is 1.26 bits per heavy atom. The topological polar surface area (TPSA) is 82.5 Å². The van der Waals surface area contributed by atoms with Gasteiger partial charge >= 0.3 is 0 Å². The summed E-state index contributed by atoms with van der Waals surface area (Å²) in [5.74, 6) is 0.445. The van der Waals surface area contributed by atoms with Gasteiger partial charge in [-0.3, -0.25) is 9.69 Å². The van der Waals surface area contributed by atoms with E-state index < -0.39 is 6.10 Å². The maximum absolute atomic E-state index is 13.3. The Morgan fingerprint density at radius 3 is 1.77 bits per heavy atom.